The summed E-state index contributed by atoms with van der Waals surface area (Å²) in [6.45, 7) is -0.100. The molecule has 0 fully saturated rings. The van der Waals surface area contributed by atoms with Crippen LogP contribution in [0.15, 0.2) is 30.5 Å². The molecule has 0 aliphatic carbocycles. The summed E-state index contributed by atoms with van der Waals surface area (Å²) in [7, 11) is 1.64. The Balaban J connectivity index is 2.06. The monoisotopic (exact) mass is 302 g/mol. The first-order valence-electron chi connectivity index (χ1n) is 7.20. The Morgan fingerprint density at radius 3 is 2.86 bits per heavy atom. The van der Waals surface area contributed by atoms with Gasteiger partial charge in [-0.3, -0.25) is 9.59 Å². The van der Waals surface area contributed by atoms with Gasteiger partial charge in [0.2, 0.25) is 12.2 Å². The summed E-state index contributed by atoms with van der Waals surface area (Å²) in [6.07, 6.45) is 4.37. The molecule has 0 bridgehead atoms. The van der Waals surface area contributed by atoms with Crippen LogP contribution in [0.4, 0.5) is 0 Å². The minimum Gasteiger partial charge on any atom is -0.396 e. The number of aliphatic hydroxyl groups is 1. The van der Waals surface area contributed by atoms with Gasteiger partial charge in [0.25, 0.3) is 0 Å². The van der Waals surface area contributed by atoms with Crippen LogP contribution < -0.4 is 10.6 Å². The van der Waals surface area contributed by atoms with Gasteiger partial charge in [0.1, 0.15) is 0 Å². The highest BCUT2D eigenvalue weighted by Gasteiger charge is 2.20. The molecule has 6 nitrogen and oxygen atoms in total. The van der Waals surface area contributed by atoms with Gasteiger partial charge in [-0.2, -0.15) is 0 Å². The van der Waals surface area contributed by atoms with Gasteiger partial charge in [-0.25, -0.2) is 0 Å². The number of para-hydroxylation sites is 1. The van der Waals surface area contributed by atoms with Crippen LogP contribution in [0.2, 0.25) is 0 Å². The van der Waals surface area contributed by atoms with E-state index in [1.54, 1.807) is 7.05 Å². The molecule has 117 valence electrons. The van der Waals surface area contributed by atoms with E-state index in [9.17, 15) is 9.59 Å². The topological polar surface area (TPSA) is 94.2 Å². The van der Waals surface area contributed by atoms with Crippen molar-refractivity contribution in [2.45, 2.75) is 24.9 Å². The number of carbonyl (C=O) groups is 1. The van der Waals surface area contributed by atoms with Gasteiger partial charge in [-0.1, -0.05) is 18.2 Å². The first kappa shape index (κ1) is 16.2. The van der Waals surface area contributed by atoms with E-state index in [4.69, 9.17) is 5.11 Å². The normalized spacial score (nSPS) is 13.7. The lowest BCUT2D eigenvalue weighted by molar-refractivity contribution is -0.123. The van der Waals surface area contributed by atoms with Crippen LogP contribution in [-0.4, -0.2) is 48.0 Å². The standard InChI is InChI=1S/C16H20N3O3/c1-17-15(6-7-20)16(22)19-12(10-21)8-11-9-18-14-5-3-2-4-13(11)14/h2-5,9,12,15,17-18,20H,6-8H2,1H3,(H,19,22)/t12-,15-/m0/s1. The smallest absolute Gasteiger partial charge is 0.237 e. The van der Waals surface area contributed by atoms with Crippen molar-refractivity contribution in [3.05, 3.63) is 36.0 Å². The Bertz CT molecular complexity index is 638. The average Bonchev–Trinajstić information content (AvgIpc) is 2.95. The summed E-state index contributed by atoms with van der Waals surface area (Å²) in [5.41, 5.74) is 1.94. The molecule has 1 amide bonds. The van der Waals surface area contributed by atoms with Crippen molar-refractivity contribution in [3.63, 3.8) is 0 Å². The van der Waals surface area contributed by atoms with Crippen LogP contribution >= 0.6 is 0 Å². The third-order valence-electron chi connectivity index (χ3n) is 3.64. The van der Waals surface area contributed by atoms with Crippen molar-refractivity contribution < 1.29 is 14.7 Å². The Morgan fingerprint density at radius 1 is 1.41 bits per heavy atom. The molecule has 22 heavy (non-hydrogen) atoms. The van der Waals surface area contributed by atoms with E-state index in [1.165, 1.54) is 0 Å². The summed E-state index contributed by atoms with van der Waals surface area (Å²) in [4.78, 5) is 26.3. The first-order chi connectivity index (χ1) is 10.7. The minimum atomic E-state index is -0.721. The van der Waals surface area contributed by atoms with E-state index in [0.29, 0.717) is 12.8 Å². The van der Waals surface area contributed by atoms with E-state index in [0.717, 1.165) is 16.5 Å². The zero-order chi connectivity index (χ0) is 15.9. The van der Waals surface area contributed by atoms with E-state index in [-0.39, 0.29) is 12.5 Å². The molecule has 0 spiro atoms. The quantitative estimate of drug-likeness (QED) is 0.563. The third kappa shape index (κ3) is 3.72. The van der Waals surface area contributed by atoms with E-state index >= 15 is 0 Å². The second-order valence-corrected chi connectivity index (χ2v) is 5.10. The second kappa shape index (κ2) is 7.72. The molecule has 0 aliphatic heterocycles. The van der Waals surface area contributed by atoms with Gasteiger partial charge in [0.15, 0.2) is 0 Å². The Morgan fingerprint density at radius 2 is 2.18 bits per heavy atom. The largest absolute Gasteiger partial charge is 0.396 e. The molecule has 1 heterocycles. The third-order valence-corrected chi connectivity index (χ3v) is 3.64. The summed E-state index contributed by atoms with van der Waals surface area (Å²) >= 11 is 0. The Kier molecular flexibility index (Phi) is 5.68. The molecule has 0 saturated carbocycles. The fourth-order valence-electron chi connectivity index (χ4n) is 2.45. The van der Waals surface area contributed by atoms with Gasteiger partial charge >= 0.3 is 0 Å². The number of benzene rings is 1. The number of hydrogen-bond donors (Lipinski definition) is 4. The number of hydrogen-bond acceptors (Lipinski definition) is 4. The van der Waals surface area contributed by atoms with Gasteiger partial charge in [-0.15, -0.1) is 0 Å². The molecule has 1 aromatic heterocycles. The first-order valence-corrected chi connectivity index (χ1v) is 7.20. The molecule has 6 heteroatoms. The highest BCUT2D eigenvalue weighted by Crippen LogP contribution is 2.18. The molecule has 1 radical (unpaired) electrons. The molecule has 2 aromatic rings. The van der Waals surface area contributed by atoms with Gasteiger partial charge in [0.05, 0.1) is 12.1 Å². The number of aromatic amines is 1. The number of likely N-dealkylation sites (N-methyl/N-ethyl adjacent to an activating group) is 1. The van der Waals surface area contributed by atoms with E-state index < -0.39 is 12.1 Å². The van der Waals surface area contributed by atoms with E-state index in [1.807, 2.05) is 36.7 Å². The van der Waals surface area contributed by atoms with Gasteiger partial charge < -0.3 is 20.7 Å². The number of H-pyrrole nitrogens is 1. The number of carbonyl (C=O) groups excluding carboxylic acids is 2. The number of nitrogens with one attached hydrogen (secondary N) is 3. The molecule has 1 aromatic carbocycles. The van der Waals surface area contributed by atoms with Crippen LogP contribution in [-0.2, 0) is 16.0 Å². The van der Waals surface area contributed by atoms with Crippen LogP contribution in [0.25, 0.3) is 10.9 Å². The van der Waals surface area contributed by atoms with Crippen LogP contribution in [0.5, 0.6) is 0 Å². The number of aliphatic hydroxyl groups excluding tert-OH is 1. The van der Waals surface area contributed by atoms with Crippen molar-refractivity contribution in [1.82, 2.24) is 15.6 Å². The van der Waals surface area contributed by atoms with Crippen molar-refractivity contribution in [2.75, 3.05) is 13.7 Å². The molecule has 2 rings (SSSR count). The Hall–Kier alpha value is -2.18. The molecule has 4 N–H and O–H groups in total. The number of aromatic nitrogens is 1. The predicted octanol–water partition coefficient (Wildman–Crippen LogP) is 0.275. The summed E-state index contributed by atoms with van der Waals surface area (Å²) < 4.78 is 0. The number of rotatable bonds is 8. The van der Waals surface area contributed by atoms with Crippen molar-refractivity contribution >= 4 is 23.1 Å². The molecule has 0 unspecified atom stereocenters. The fraction of sp³-hybridized carbons (Fsp3) is 0.375. The molecule has 0 aliphatic rings. The van der Waals surface area contributed by atoms with Crippen LogP contribution in [0, 0.1) is 0 Å². The van der Waals surface area contributed by atoms with E-state index in [2.05, 4.69) is 15.6 Å². The molecule has 0 saturated heterocycles. The Labute approximate surface area is 128 Å². The highest BCUT2D eigenvalue weighted by atomic mass is 16.3. The van der Waals surface area contributed by atoms with Gasteiger partial charge in [-0.05, 0) is 25.1 Å². The summed E-state index contributed by atoms with van der Waals surface area (Å²) in [5.74, 6) is -0.315. The lowest BCUT2D eigenvalue weighted by Gasteiger charge is -2.18. The average molecular weight is 302 g/mol. The lowest BCUT2D eigenvalue weighted by atomic mass is 10.1. The zero-order valence-corrected chi connectivity index (χ0v) is 12.4. The van der Waals surface area contributed by atoms with Crippen LogP contribution in [0.1, 0.15) is 12.0 Å². The predicted molar refractivity (Wildman–Crippen MR) is 84.2 cm³/mol. The van der Waals surface area contributed by atoms with Crippen molar-refractivity contribution in [3.8, 4) is 0 Å². The van der Waals surface area contributed by atoms with Crippen molar-refractivity contribution in [2.24, 2.45) is 0 Å². The van der Waals surface area contributed by atoms with Crippen LogP contribution in [0.3, 0.4) is 0 Å². The zero-order valence-electron chi connectivity index (χ0n) is 12.4. The highest BCUT2D eigenvalue weighted by molar-refractivity contribution is 5.86. The number of amides is 1. The summed E-state index contributed by atoms with van der Waals surface area (Å²) in [5, 5.41) is 15.4. The number of fused-ring (bicyclic) bond motifs is 1. The maximum absolute atomic E-state index is 12.1. The lowest BCUT2D eigenvalue weighted by Crippen LogP contribution is -2.48. The molecular weight excluding hydrogens is 282 g/mol. The molecular formula is C16H20N3O3. The maximum Gasteiger partial charge on any atom is 0.237 e. The summed E-state index contributed by atoms with van der Waals surface area (Å²) in [6, 6.07) is 6.53. The SMILES string of the molecule is CN[C@@H](CCO)C(=O)N[C@H]([C]=O)Cc1c[nH]c2ccccc12. The second-order valence-electron chi connectivity index (χ2n) is 5.10. The van der Waals surface area contributed by atoms with Gasteiger partial charge in [0, 0.05) is 30.1 Å². The van der Waals surface area contributed by atoms with Crippen molar-refractivity contribution in [1.29, 1.82) is 0 Å². The fourth-order valence-corrected chi connectivity index (χ4v) is 2.45. The molecule has 2 atom stereocenters. The minimum absolute atomic E-state index is 0.100. The maximum atomic E-state index is 12.1.